The third kappa shape index (κ3) is 7.49. The summed E-state index contributed by atoms with van der Waals surface area (Å²) in [5.41, 5.74) is 6.00. The Morgan fingerprint density at radius 1 is 1.00 bits per heavy atom. The van der Waals surface area contributed by atoms with Crippen LogP contribution in [-0.2, 0) is 32.0 Å². The molecule has 11 heteroatoms. The molecule has 6 N–H and O–H groups in total. The van der Waals surface area contributed by atoms with E-state index < -0.39 is 29.3 Å². The van der Waals surface area contributed by atoms with Gasteiger partial charge in [0.1, 0.15) is 11.6 Å². The zero-order valence-electron chi connectivity index (χ0n) is 20.4. The van der Waals surface area contributed by atoms with Gasteiger partial charge in [-0.15, -0.1) is 0 Å². The minimum atomic E-state index is -1.19. The molecule has 0 radical (unpaired) electrons. The van der Waals surface area contributed by atoms with Crippen molar-refractivity contribution in [2.45, 2.75) is 57.0 Å². The van der Waals surface area contributed by atoms with Crippen LogP contribution in [0.2, 0.25) is 0 Å². The summed E-state index contributed by atoms with van der Waals surface area (Å²) in [7, 11) is 0. The summed E-state index contributed by atoms with van der Waals surface area (Å²) in [4.78, 5) is 57.7. The second kappa shape index (κ2) is 12.6. The molecule has 1 aliphatic carbocycles. The number of rotatable bonds is 13. The molecule has 1 aromatic heterocycles. The summed E-state index contributed by atoms with van der Waals surface area (Å²) in [6, 6.07) is 8.43. The van der Waals surface area contributed by atoms with Gasteiger partial charge in [0.15, 0.2) is 0 Å². The maximum absolute atomic E-state index is 13.4. The van der Waals surface area contributed by atoms with Crippen LogP contribution in [0.25, 0.3) is 0 Å². The fraction of sp³-hybridized carbons (Fsp3) is 0.440. The van der Waals surface area contributed by atoms with Gasteiger partial charge >= 0.3 is 0 Å². The lowest BCUT2D eigenvalue weighted by Gasteiger charge is -2.31. The largest absolute Gasteiger partial charge is 0.370 e. The highest BCUT2D eigenvalue weighted by molar-refractivity contribution is 5.95. The summed E-state index contributed by atoms with van der Waals surface area (Å²) >= 11 is 0. The van der Waals surface area contributed by atoms with E-state index in [9.17, 15) is 19.2 Å². The van der Waals surface area contributed by atoms with Gasteiger partial charge in [0, 0.05) is 51.7 Å². The van der Waals surface area contributed by atoms with Crippen LogP contribution >= 0.6 is 0 Å². The third-order valence-corrected chi connectivity index (χ3v) is 6.01. The summed E-state index contributed by atoms with van der Waals surface area (Å²) in [5.74, 6) is -1.25. The number of benzene rings is 1. The van der Waals surface area contributed by atoms with Gasteiger partial charge in [0.05, 0.1) is 0 Å². The Labute approximate surface area is 210 Å². The zero-order valence-corrected chi connectivity index (χ0v) is 20.4. The van der Waals surface area contributed by atoms with Crippen LogP contribution in [0.1, 0.15) is 43.7 Å². The predicted octanol–water partition coefficient (Wildman–Crippen LogP) is 0.209. The highest BCUT2D eigenvalue weighted by Gasteiger charge is 2.45. The molecule has 1 aliphatic rings. The number of nitrogens with zero attached hydrogens (tertiary/aromatic N) is 2. The molecule has 2 aromatic rings. The molecule has 1 heterocycles. The second-order valence-corrected chi connectivity index (χ2v) is 8.91. The van der Waals surface area contributed by atoms with Gasteiger partial charge in [-0.3, -0.25) is 19.2 Å². The first-order valence-electron chi connectivity index (χ1n) is 12.0. The fourth-order valence-corrected chi connectivity index (χ4v) is 4.26. The van der Waals surface area contributed by atoms with Crippen molar-refractivity contribution in [2.24, 2.45) is 5.73 Å². The molecule has 0 saturated carbocycles. The smallest absolute Gasteiger partial charge is 0.246 e. The minimum absolute atomic E-state index is 0.0452. The highest BCUT2D eigenvalue weighted by Crippen LogP contribution is 2.30. The SMILES string of the molecule is CC(=O)N[C@H](CCC(N)=O)C(=O)NC1(C(=O)NCCCCNc2ncccn2)Cc2ccccc2C1. The van der Waals surface area contributed by atoms with Crippen molar-refractivity contribution in [2.75, 3.05) is 18.4 Å². The maximum atomic E-state index is 13.4. The Bertz CT molecular complexity index is 1050. The second-order valence-electron chi connectivity index (χ2n) is 8.91. The summed E-state index contributed by atoms with van der Waals surface area (Å²) in [6.07, 6.45) is 5.46. The van der Waals surface area contributed by atoms with Crippen LogP contribution in [0.5, 0.6) is 0 Å². The van der Waals surface area contributed by atoms with E-state index in [0.717, 1.165) is 24.0 Å². The number of nitrogens with two attached hydrogens (primary N) is 1. The molecule has 0 unspecified atom stereocenters. The Balaban J connectivity index is 1.61. The molecule has 11 nitrogen and oxygen atoms in total. The fourth-order valence-electron chi connectivity index (χ4n) is 4.26. The van der Waals surface area contributed by atoms with Gasteiger partial charge in [-0.2, -0.15) is 0 Å². The van der Waals surface area contributed by atoms with Crippen LogP contribution in [-0.4, -0.2) is 58.3 Å². The van der Waals surface area contributed by atoms with Crippen molar-refractivity contribution in [3.05, 3.63) is 53.9 Å². The molecule has 0 fully saturated rings. The number of carbonyl (C=O) groups excluding carboxylic acids is 4. The Morgan fingerprint density at radius 2 is 1.64 bits per heavy atom. The first kappa shape index (κ1) is 26.6. The van der Waals surface area contributed by atoms with E-state index in [-0.39, 0.29) is 18.7 Å². The number of aromatic nitrogens is 2. The summed E-state index contributed by atoms with van der Waals surface area (Å²) in [6.45, 7) is 2.38. The van der Waals surface area contributed by atoms with E-state index in [0.29, 0.717) is 31.9 Å². The van der Waals surface area contributed by atoms with Crippen LogP contribution in [0.3, 0.4) is 0 Å². The lowest BCUT2D eigenvalue weighted by atomic mass is 9.93. The predicted molar refractivity (Wildman–Crippen MR) is 134 cm³/mol. The van der Waals surface area contributed by atoms with E-state index in [1.807, 2.05) is 24.3 Å². The molecule has 0 bridgehead atoms. The van der Waals surface area contributed by atoms with Crippen molar-refractivity contribution in [1.29, 1.82) is 0 Å². The topological polar surface area (TPSA) is 168 Å². The molecule has 0 spiro atoms. The van der Waals surface area contributed by atoms with Crippen molar-refractivity contribution < 1.29 is 19.2 Å². The van der Waals surface area contributed by atoms with Crippen molar-refractivity contribution in [3.8, 4) is 0 Å². The number of primary amides is 1. The minimum Gasteiger partial charge on any atom is -0.370 e. The average Bonchev–Trinajstić information content (AvgIpc) is 3.23. The molecule has 0 saturated heterocycles. The standard InChI is InChI=1S/C25H33N7O4/c1-17(33)31-20(9-10-21(26)34)22(35)32-25(15-18-7-2-3-8-19(18)16-25)23(36)27-11-4-5-12-28-24-29-13-6-14-30-24/h2-3,6-8,13-14,20H,4-5,9-12,15-16H2,1H3,(H2,26,34)(H,27,36)(H,31,33)(H,32,35)(H,28,29,30)/t20-/m1/s1. The number of amides is 4. The molecule has 36 heavy (non-hydrogen) atoms. The van der Waals surface area contributed by atoms with E-state index >= 15 is 0 Å². The quantitative estimate of drug-likeness (QED) is 0.247. The average molecular weight is 496 g/mol. The number of nitrogens with one attached hydrogen (secondary N) is 4. The van der Waals surface area contributed by atoms with Gasteiger partial charge in [-0.05, 0) is 36.5 Å². The van der Waals surface area contributed by atoms with Crippen LogP contribution in [0, 0.1) is 0 Å². The number of unbranched alkanes of at least 4 members (excludes halogenated alkanes) is 1. The molecule has 3 rings (SSSR count). The van der Waals surface area contributed by atoms with Crippen LogP contribution < -0.4 is 27.0 Å². The van der Waals surface area contributed by atoms with E-state index in [2.05, 4.69) is 31.2 Å². The summed E-state index contributed by atoms with van der Waals surface area (Å²) < 4.78 is 0. The van der Waals surface area contributed by atoms with Crippen molar-refractivity contribution in [1.82, 2.24) is 25.9 Å². The van der Waals surface area contributed by atoms with Gasteiger partial charge in [-0.1, -0.05) is 24.3 Å². The van der Waals surface area contributed by atoms with Crippen molar-refractivity contribution in [3.63, 3.8) is 0 Å². The molecule has 0 aliphatic heterocycles. The van der Waals surface area contributed by atoms with E-state index in [1.54, 1.807) is 18.5 Å². The Kier molecular flexibility index (Phi) is 9.32. The number of carbonyl (C=O) groups is 4. The molecule has 1 aromatic carbocycles. The molecule has 1 atom stereocenters. The number of fused-ring (bicyclic) bond motifs is 1. The summed E-state index contributed by atoms with van der Waals surface area (Å²) in [5, 5.41) is 11.5. The van der Waals surface area contributed by atoms with Crippen molar-refractivity contribution >= 4 is 29.6 Å². The van der Waals surface area contributed by atoms with Crippen LogP contribution in [0.4, 0.5) is 5.95 Å². The number of hydrogen-bond donors (Lipinski definition) is 5. The monoisotopic (exact) mass is 495 g/mol. The van der Waals surface area contributed by atoms with E-state index in [1.165, 1.54) is 6.92 Å². The molecular formula is C25H33N7O4. The molecule has 4 amide bonds. The number of anilines is 1. The lowest BCUT2D eigenvalue weighted by Crippen LogP contribution is -2.63. The Hall–Kier alpha value is -4.02. The number of hydrogen-bond acceptors (Lipinski definition) is 7. The maximum Gasteiger partial charge on any atom is 0.246 e. The van der Waals surface area contributed by atoms with E-state index in [4.69, 9.17) is 5.73 Å². The van der Waals surface area contributed by atoms with Gasteiger partial charge in [0.2, 0.25) is 29.6 Å². The molecule has 192 valence electrons. The highest BCUT2D eigenvalue weighted by atomic mass is 16.2. The first-order valence-corrected chi connectivity index (χ1v) is 12.0. The van der Waals surface area contributed by atoms with Gasteiger partial charge < -0.3 is 27.0 Å². The molecular weight excluding hydrogens is 462 g/mol. The normalized spacial score (nSPS) is 14.2. The van der Waals surface area contributed by atoms with Gasteiger partial charge in [-0.25, -0.2) is 9.97 Å². The lowest BCUT2D eigenvalue weighted by molar-refractivity contribution is -0.135. The first-order chi connectivity index (χ1) is 17.3. The van der Waals surface area contributed by atoms with Gasteiger partial charge in [0.25, 0.3) is 0 Å². The third-order valence-electron chi connectivity index (χ3n) is 6.01. The Morgan fingerprint density at radius 3 is 2.25 bits per heavy atom. The zero-order chi connectivity index (χ0) is 26.0. The van der Waals surface area contributed by atoms with Crippen LogP contribution in [0.15, 0.2) is 42.7 Å².